The fourth-order valence-corrected chi connectivity index (χ4v) is 5.17. The highest BCUT2D eigenvalue weighted by molar-refractivity contribution is 5.92. The van der Waals surface area contributed by atoms with Crippen LogP contribution < -0.4 is 0 Å². The molecule has 2 bridgehead atoms. The van der Waals surface area contributed by atoms with Crippen LogP contribution in [0.25, 0.3) is 0 Å². The van der Waals surface area contributed by atoms with Crippen molar-refractivity contribution in [3.8, 4) is 0 Å². The average Bonchev–Trinajstić information content (AvgIpc) is 3.26. The number of alkyl halides is 2. The lowest BCUT2D eigenvalue weighted by Gasteiger charge is -2.36. The predicted molar refractivity (Wildman–Crippen MR) is 100 cm³/mol. The number of hydrogen-bond donors (Lipinski definition) is 0. The van der Waals surface area contributed by atoms with Crippen LogP contribution in [-0.2, 0) is 12.8 Å². The summed E-state index contributed by atoms with van der Waals surface area (Å²) >= 11 is 0. The van der Waals surface area contributed by atoms with Crippen molar-refractivity contribution in [3.63, 3.8) is 0 Å². The fourth-order valence-electron chi connectivity index (χ4n) is 5.17. The SMILES string of the molecule is O=C(c1ccn(C(F)F)n1)N1C[C@H]2CC[C@@H]1CN(C1Cc3ccccc3C1)C2. The molecule has 0 unspecified atom stereocenters. The van der Waals surface area contributed by atoms with Crippen LogP contribution >= 0.6 is 0 Å². The van der Waals surface area contributed by atoms with Gasteiger partial charge in [0.05, 0.1) is 0 Å². The van der Waals surface area contributed by atoms with E-state index >= 15 is 0 Å². The Morgan fingerprint density at radius 2 is 1.75 bits per heavy atom. The normalized spacial score (nSPS) is 25.3. The van der Waals surface area contributed by atoms with E-state index in [4.69, 9.17) is 0 Å². The lowest BCUT2D eigenvalue weighted by atomic mass is 9.94. The van der Waals surface area contributed by atoms with Crippen molar-refractivity contribution in [1.82, 2.24) is 19.6 Å². The zero-order valence-corrected chi connectivity index (χ0v) is 15.7. The molecule has 0 saturated carbocycles. The zero-order chi connectivity index (χ0) is 19.3. The van der Waals surface area contributed by atoms with Crippen molar-refractivity contribution in [2.75, 3.05) is 19.6 Å². The molecule has 28 heavy (non-hydrogen) atoms. The molecule has 3 aliphatic heterocycles. The minimum Gasteiger partial charge on any atom is -0.333 e. The van der Waals surface area contributed by atoms with Crippen molar-refractivity contribution in [1.29, 1.82) is 0 Å². The molecule has 148 valence electrons. The molecule has 5 nitrogen and oxygen atoms in total. The molecular formula is C21H24F2N4O. The van der Waals surface area contributed by atoms with Gasteiger partial charge in [-0.25, -0.2) is 4.68 Å². The molecule has 1 aliphatic carbocycles. The van der Waals surface area contributed by atoms with Crippen LogP contribution in [0.15, 0.2) is 36.5 Å². The number of benzene rings is 1. The van der Waals surface area contributed by atoms with Gasteiger partial charge >= 0.3 is 6.55 Å². The number of rotatable bonds is 3. The molecule has 6 rings (SSSR count). The summed E-state index contributed by atoms with van der Waals surface area (Å²) in [6, 6.07) is 10.7. The molecule has 3 fully saturated rings. The van der Waals surface area contributed by atoms with Crippen LogP contribution in [0.2, 0.25) is 0 Å². The van der Waals surface area contributed by atoms with Crippen molar-refractivity contribution in [2.24, 2.45) is 5.92 Å². The molecule has 0 N–H and O–H groups in total. The number of halogens is 2. The second-order valence-corrected chi connectivity index (χ2v) is 8.30. The third kappa shape index (κ3) is 3.11. The summed E-state index contributed by atoms with van der Waals surface area (Å²) in [5.74, 6) is 0.217. The first-order valence-electron chi connectivity index (χ1n) is 10.0. The Bertz CT molecular complexity index is 858. The number of nitrogens with zero attached hydrogens (tertiary/aromatic N) is 4. The van der Waals surface area contributed by atoms with Gasteiger partial charge in [0.2, 0.25) is 0 Å². The minimum absolute atomic E-state index is 0.118. The van der Waals surface area contributed by atoms with Crippen LogP contribution in [0.4, 0.5) is 8.78 Å². The Labute approximate surface area is 162 Å². The van der Waals surface area contributed by atoms with Crippen LogP contribution in [0.1, 0.15) is 41.0 Å². The van der Waals surface area contributed by atoms with Crippen LogP contribution in [0.5, 0.6) is 0 Å². The molecule has 2 atom stereocenters. The smallest absolute Gasteiger partial charge is 0.333 e. The molecule has 2 aromatic rings. The number of piperidine rings is 1. The molecule has 3 saturated heterocycles. The van der Waals surface area contributed by atoms with E-state index in [1.807, 2.05) is 4.90 Å². The molecule has 1 aromatic heterocycles. The second kappa shape index (κ2) is 6.95. The van der Waals surface area contributed by atoms with Crippen molar-refractivity contribution in [3.05, 3.63) is 53.3 Å². The molecule has 4 aliphatic rings. The first-order valence-corrected chi connectivity index (χ1v) is 10.0. The topological polar surface area (TPSA) is 41.4 Å². The number of hydrogen-bond acceptors (Lipinski definition) is 3. The molecule has 1 aromatic carbocycles. The summed E-state index contributed by atoms with van der Waals surface area (Å²) in [6.45, 7) is -0.163. The maximum Gasteiger partial charge on any atom is 0.333 e. The number of amides is 1. The highest BCUT2D eigenvalue weighted by Gasteiger charge is 2.40. The highest BCUT2D eigenvalue weighted by atomic mass is 19.3. The molecule has 4 heterocycles. The van der Waals surface area contributed by atoms with E-state index in [9.17, 15) is 13.6 Å². The van der Waals surface area contributed by atoms with E-state index in [1.165, 1.54) is 23.4 Å². The van der Waals surface area contributed by atoms with Gasteiger partial charge in [0, 0.05) is 37.9 Å². The average molecular weight is 386 g/mol. The Hall–Kier alpha value is -2.28. The summed E-state index contributed by atoms with van der Waals surface area (Å²) in [4.78, 5) is 17.4. The minimum atomic E-state index is -2.72. The van der Waals surface area contributed by atoms with Crippen LogP contribution in [-0.4, -0.2) is 57.2 Å². The van der Waals surface area contributed by atoms with Crippen LogP contribution in [0, 0.1) is 5.92 Å². The molecule has 0 spiro atoms. The summed E-state index contributed by atoms with van der Waals surface area (Å²) in [6.07, 6.45) is 5.42. The van der Waals surface area contributed by atoms with Crippen molar-refractivity contribution < 1.29 is 13.6 Å². The fraction of sp³-hybridized carbons (Fsp3) is 0.524. The van der Waals surface area contributed by atoms with Gasteiger partial charge in [0.25, 0.3) is 5.91 Å². The standard InChI is InChI=1S/C21H24F2N4O/c22-21(23)27-8-7-19(24-27)20(28)26-12-14-5-6-17(26)13-25(11-14)18-9-15-3-1-2-4-16(15)10-18/h1-4,7-8,14,17-18,21H,5-6,9-13H2/t14-,17+/m0/s1. The lowest BCUT2D eigenvalue weighted by Crippen LogP contribution is -2.48. The van der Waals surface area contributed by atoms with Crippen molar-refractivity contribution >= 4 is 5.91 Å². The quantitative estimate of drug-likeness (QED) is 0.814. The maximum atomic E-state index is 13.0. The summed E-state index contributed by atoms with van der Waals surface area (Å²) in [5.41, 5.74) is 3.00. The number of fused-ring (bicyclic) bond motifs is 5. The summed E-state index contributed by atoms with van der Waals surface area (Å²) < 4.78 is 26.2. The van der Waals surface area contributed by atoms with E-state index in [0.717, 1.165) is 38.8 Å². The van der Waals surface area contributed by atoms with Gasteiger partial charge in [0.15, 0.2) is 5.69 Å². The molecule has 7 heteroatoms. The highest BCUT2D eigenvalue weighted by Crippen LogP contribution is 2.33. The Morgan fingerprint density at radius 3 is 2.43 bits per heavy atom. The van der Waals surface area contributed by atoms with Crippen molar-refractivity contribution in [2.45, 2.75) is 44.3 Å². The van der Waals surface area contributed by atoms with E-state index in [1.54, 1.807) is 0 Å². The van der Waals surface area contributed by atoms with E-state index in [-0.39, 0.29) is 17.6 Å². The Kier molecular flexibility index (Phi) is 4.42. The molecular weight excluding hydrogens is 362 g/mol. The van der Waals surface area contributed by atoms with Crippen LogP contribution in [0.3, 0.4) is 0 Å². The van der Waals surface area contributed by atoms with E-state index < -0.39 is 6.55 Å². The monoisotopic (exact) mass is 386 g/mol. The Morgan fingerprint density at radius 1 is 1.00 bits per heavy atom. The predicted octanol–water partition coefficient (Wildman–Crippen LogP) is 2.98. The summed E-state index contributed by atoms with van der Waals surface area (Å²) in [5, 5.41) is 3.78. The largest absolute Gasteiger partial charge is 0.333 e. The van der Waals surface area contributed by atoms with Gasteiger partial charge in [0.1, 0.15) is 0 Å². The first kappa shape index (κ1) is 17.8. The third-order valence-electron chi connectivity index (χ3n) is 6.58. The van der Waals surface area contributed by atoms with Gasteiger partial charge in [-0.2, -0.15) is 13.9 Å². The van der Waals surface area contributed by atoms with Gasteiger partial charge in [-0.05, 0) is 48.8 Å². The van der Waals surface area contributed by atoms with Gasteiger partial charge in [-0.1, -0.05) is 24.3 Å². The first-order chi connectivity index (χ1) is 13.6. The van der Waals surface area contributed by atoms with E-state index in [2.05, 4.69) is 34.3 Å². The Balaban J connectivity index is 1.32. The summed E-state index contributed by atoms with van der Waals surface area (Å²) in [7, 11) is 0. The third-order valence-corrected chi connectivity index (χ3v) is 6.58. The zero-order valence-electron chi connectivity index (χ0n) is 15.7. The molecule has 0 radical (unpaired) electrons. The number of aromatic nitrogens is 2. The van der Waals surface area contributed by atoms with Gasteiger partial charge in [-0.3, -0.25) is 9.69 Å². The second-order valence-electron chi connectivity index (χ2n) is 8.30. The molecule has 1 amide bonds. The number of carbonyl (C=O) groups excluding carboxylic acids is 1. The van der Waals surface area contributed by atoms with E-state index in [0.29, 0.717) is 23.2 Å². The van der Waals surface area contributed by atoms with Gasteiger partial charge in [-0.15, -0.1) is 0 Å². The maximum absolute atomic E-state index is 13.0. The van der Waals surface area contributed by atoms with Gasteiger partial charge < -0.3 is 4.90 Å². The lowest BCUT2D eigenvalue weighted by molar-refractivity contribution is 0.0515. The number of carbonyl (C=O) groups is 1.